The fourth-order valence-electron chi connectivity index (χ4n) is 4.30. The molecule has 0 atom stereocenters. The lowest BCUT2D eigenvalue weighted by Crippen LogP contribution is -2.20. The van der Waals surface area contributed by atoms with Gasteiger partial charge < -0.3 is 4.74 Å². The lowest BCUT2D eigenvalue weighted by Gasteiger charge is -2.22. The van der Waals surface area contributed by atoms with Crippen molar-refractivity contribution in [1.82, 2.24) is 19.7 Å². The van der Waals surface area contributed by atoms with E-state index in [1.807, 2.05) is 37.8 Å². The summed E-state index contributed by atoms with van der Waals surface area (Å²) in [6.07, 6.45) is 13.5. The van der Waals surface area contributed by atoms with Crippen LogP contribution in [0.5, 0.6) is 5.88 Å². The molecule has 0 amide bonds. The minimum Gasteiger partial charge on any atom is -0.474 e. The minimum absolute atomic E-state index is 0.0103. The number of benzene rings is 1. The molecule has 6 nitrogen and oxygen atoms in total. The normalized spacial score (nSPS) is 14.5. The maximum Gasteiger partial charge on any atom is 0.214 e. The van der Waals surface area contributed by atoms with Gasteiger partial charge in [-0.05, 0) is 54.8 Å². The number of carbonyl (C=O) groups excluding carboxylic acids is 1. The van der Waals surface area contributed by atoms with E-state index in [0.717, 1.165) is 40.4 Å². The van der Waals surface area contributed by atoms with Gasteiger partial charge in [-0.2, -0.15) is 5.10 Å². The van der Waals surface area contributed by atoms with Crippen LogP contribution in [0.4, 0.5) is 0 Å². The molecule has 0 N–H and O–H groups in total. The Morgan fingerprint density at radius 1 is 1.00 bits per heavy atom. The van der Waals surface area contributed by atoms with Gasteiger partial charge in [0, 0.05) is 53.9 Å². The summed E-state index contributed by atoms with van der Waals surface area (Å²) < 4.78 is 7.81. The Balaban J connectivity index is 1.33. The highest BCUT2D eigenvalue weighted by Crippen LogP contribution is 2.25. The summed E-state index contributed by atoms with van der Waals surface area (Å²) in [5.74, 6) is 0.548. The highest BCUT2D eigenvalue weighted by molar-refractivity contribution is 5.98. The molecule has 0 aliphatic heterocycles. The third-order valence-electron chi connectivity index (χ3n) is 6.05. The predicted octanol–water partition coefficient (Wildman–Crippen LogP) is 5.17. The number of carbonyl (C=O) groups is 1. The summed E-state index contributed by atoms with van der Waals surface area (Å²) in [7, 11) is 1.91. The molecule has 1 aliphatic carbocycles. The van der Waals surface area contributed by atoms with Crippen LogP contribution >= 0.6 is 0 Å². The van der Waals surface area contributed by atoms with Crippen LogP contribution in [0.25, 0.3) is 21.9 Å². The molecule has 3 aromatic heterocycles. The summed E-state index contributed by atoms with van der Waals surface area (Å²) in [5.41, 5.74) is 3.51. The second-order valence-corrected chi connectivity index (χ2v) is 8.50. The molecule has 1 aromatic carbocycles. The van der Waals surface area contributed by atoms with Gasteiger partial charge in [-0.3, -0.25) is 14.5 Å². The van der Waals surface area contributed by atoms with Crippen LogP contribution in [-0.2, 0) is 13.5 Å². The number of rotatable bonds is 6. The van der Waals surface area contributed by atoms with E-state index >= 15 is 0 Å². The third-order valence-corrected chi connectivity index (χ3v) is 6.05. The Morgan fingerprint density at radius 3 is 2.69 bits per heavy atom. The molecule has 162 valence electrons. The Morgan fingerprint density at radius 2 is 1.88 bits per heavy atom. The molecule has 32 heavy (non-hydrogen) atoms. The predicted molar refractivity (Wildman–Crippen MR) is 124 cm³/mol. The van der Waals surface area contributed by atoms with Crippen LogP contribution in [0.15, 0.2) is 61.2 Å². The zero-order valence-corrected chi connectivity index (χ0v) is 18.2. The number of aromatic nitrogens is 4. The average molecular weight is 427 g/mol. The van der Waals surface area contributed by atoms with Crippen LogP contribution in [0.3, 0.4) is 0 Å². The summed E-state index contributed by atoms with van der Waals surface area (Å²) in [6, 6.07) is 11.7. The van der Waals surface area contributed by atoms with Crippen molar-refractivity contribution in [2.24, 2.45) is 7.05 Å². The van der Waals surface area contributed by atoms with E-state index in [1.165, 1.54) is 19.3 Å². The van der Waals surface area contributed by atoms with E-state index in [2.05, 4.69) is 27.2 Å². The molecule has 3 heterocycles. The first-order chi connectivity index (χ1) is 15.6. The maximum absolute atomic E-state index is 13.0. The highest BCUT2D eigenvalue weighted by atomic mass is 16.5. The van der Waals surface area contributed by atoms with Crippen LogP contribution < -0.4 is 4.74 Å². The van der Waals surface area contributed by atoms with Crippen LogP contribution in [0.2, 0.25) is 0 Å². The van der Waals surface area contributed by atoms with E-state index < -0.39 is 0 Å². The minimum atomic E-state index is 0.0103. The van der Waals surface area contributed by atoms with Gasteiger partial charge in [0.25, 0.3) is 0 Å². The third kappa shape index (κ3) is 4.54. The van der Waals surface area contributed by atoms with Crippen molar-refractivity contribution in [2.75, 3.05) is 0 Å². The van der Waals surface area contributed by atoms with Crippen LogP contribution in [0.1, 0.15) is 48.2 Å². The number of fused-ring (bicyclic) bond motifs is 1. The standard InChI is InChI=1S/C26H26N4O2/c1-30-17-22(16-29-30)18-7-8-20-15-28-23(12-21(20)11-18)14-25(31)19-9-10-27-26(13-19)32-24-5-3-2-4-6-24/h7-13,15-17,24H,2-6,14H2,1H3. The molecule has 0 unspecified atom stereocenters. The zero-order chi connectivity index (χ0) is 21.9. The van der Waals surface area contributed by atoms with Crippen molar-refractivity contribution in [3.63, 3.8) is 0 Å². The number of hydrogen-bond donors (Lipinski definition) is 0. The second-order valence-electron chi connectivity index (χ2n) is 8.50. The SMILES string of the molecule is Cn1cc(-c2ccc3cnc(CC(=O)c4ccnc(OC5CCCCC5)c4)cc3c2)cn1. The van der Waals surface area contributed by atoms with Crippen LogP contribution in [-0.4, -0.2) is 31.6 Å². The van der Waals surface area contributed by atoms with E-state index in [4.69, 9.17) is 4.74 Å². The molecular formula is C26H26N4O2. The number of ketones is 1. The second kappa shape index (κ2) is 8.91. The summed E-state index contributed by atoms with van der Waals surface area (Å²) in [4.78, 5) is 21.8. The number of ether oxygens (including phenoxy) is 1. The molecule has 5 rings (SSSR count). The molecule has 4 aromatic rings. The summed E-state index contributed by atoms with van der Waals surface area (Å²) in [6.45, 7) is 0. The quantitative estimate of drug-likeness (QED) is 0.398. The molecule has 1 aliphatic rings. The molecule has 0 saturated heterocycles. The highest BCUT2D eigenvalue weighted by Gasteiger charge is 2.17. The zero-order valence-electron chi connectivity index (χ0n) is 18.2. The van der Waals surface area contributed by atoms with Crippen molar-refractivity contribution in [3.05, 3.63) is 72.4 Å². The molecule has 0 radical (unpaired) electrons. The molecule has 0 bridgehead atoms. The monoisotopic (exact) mass is 426 g/mol. The van der Waals surface area contributed by atoms with Gasteiger partial charge in [0.05, 0.1) is 12.6 Å². The van der Waals surface area contributed by atoms with Crippen molar-refractivity contribution in [1.29, 1.82) is 0 Å². The summed E-state index contributed by atoms with van der Waals surface area (Å²) >= 11 is 0. The van der Waals surface area contributed by atoms with E-state index in [-0.39, 0.29) is 18.3 Å². The fourth-order valence-corrected chi connectivity index (χ4v) is 4.30. The Hall–Kier alpha value is -3.54. The van der Waals surface area contributed by atoms with Crippen molar-refractivity contribution < 1.29 is 9.53 Å². The van der Waals surface area contributed by atoms with Crippen molar-refractivity contribution in [2.45, 2.75) is 44.6 Å². The number of nitrogens with zero attached hydrogens (tertiary/aromatic N) is 4. The van der Waals surface area contributed by atoms with Crippen molar-refractivity contribution >= 4 is 16.6 Å². The molecule has 0 spiro atoms. The lowest BCUT2D eigenvalue weighted by atomic mass is 9.98. The van der Waals surface area contributed by atoms with Gasteiger partial charge in [-0.15, -0.1) is 0 Å². The van der Waals surface area contributed by atoms with E-state index in [0.29, 0.717) is 11.4 Å². The molecule has 6 heteroatoms. The van der Waals surface area contributed by atoms with E-state index in [9.17, 15) is 4.79 Å². The van der Waals surface area contributed by atoms with Gasteiger partial charge in [-0.25, -0.2) is 4.98 Å². The smallest absolute Gasteiger partial charge is 0.214 e. The topological polar surface area (TPSA) is 69.9 Å². The number of aryl methyl sites for hydroxylation is 1. The lowest BCUT2D eigenvalue weighted by molar-refractivity contribution is 0.0990. The number of pyridine rings is 2. The largest absolute Gasteiger partial charge is 0.474 e. The maximum atomic E-state index is 13.0. The number of hydrogen-bond acceptors (Lipinski definition) is 5. The van der Waals surface area contributed by atoms with Gasteiger partial charge >= 0.3 is 0 Å². The Kier molecular flexibility index (Phi) is 5.67. The first-order valence-corrected chi connectivity index (χ1v) is 11.2. The van der Waals surface area contributed by atoms with Gasteiger partial charge in [0.1, 0.15) is 6.10 Å². The summed E-state index contributed by atoms with van der Waals surface area (Å²) in [5, 5.41) is 6.35. The van der Waals surface area contributed by atoms with Crippen molar-refractivity contribution in [3.8, 4) is 17.0 Å². The molecular weight excluding hydrogens is 400 g/mol. The number of Topliss-reactive ketones (excluding diaryl/α,β-unsaturated/α-hetero) is 1. The Bertz CT molecular complexity index is 1260. The first kappa shape index (κ1) is 20.4. The van der Waals surface area contributed by atoms with Gasteiger partial charge in [-0.1, -0.05) is 18.6 Å². The van der Waals surface area contributed by atoms with Gasteiger partial charge in [0.15, 0.2) is 5.78 Å². The van der Waals surface area contributed by atoms with E-state index in [1.54, 1.807) is 23.0 Å². The fraction of sp³-hybridized carbons (Fsp3) is 0.308. The molecule has 1 fully saturated rings. The first-order valence-electron chi connectivity index (χ1n) is 11.2. The Labute approximate surface area is 187 Å². The average Bonchev–Trinajstić information content (AvgIpc) is 3.26. The molecule has 1 saturated carbocycles. The van der Waals surface area contributed by atoms with Gasteiger partial charge in [0.2, 0.25) is 5.88 Å². The van der Waals surface area contributed by atoms with Crippen LogP contribution in [0, 0.1) is 0 Å².